The fourth-order valence-electron chi connectivity index (χ4n) is 2.26. The summed E-state index contributed by atoms with van der Waals surface area (Å²) in [5.41, 5.74) is 5.90. The van der Waals surface area contributed by atoms with Crippen LogP contribution >= 0.6 is 0 Å². The lowest BCUT2D eigenvalue weighted by Crippen LogP contribution is -2.50. The van der Waals surface area contributed by atoms with Crippen molar-refractivity contribution in [3.05, 3.63) is 0 Å². The highest BCUT2D eigenvalue weighted by atomic mass is 32.2. The summed E-state index contributed by atoms with van der Waals surface area (Å²) in [7, 11) is -2.91. The zero-order chi connectivity index (χ0) is 11.6. The molecule has 2 atom stereocenters. The minimum Gasteiger partial charge on any atom is -0.325 e. The Kier molecular flexibility index (Phi) is 4.14. The van der Waals surface area contributed by atoms with Crippen molar-refractivity contribution in [1.29, 1.82) is 0 Å². The fraction of sp³-hybridized carbons (Fsp3) is 1.00. The lowest BCUT2D eigenvalue weighted by Gasteiger charge is -2.33. The van der Waals surface area contributed by atoms with Crippen LogP contribution in [0, 0.1) is 0 Å². The van der Waals surface area contributed by atoms with Gasteiger partial charge in [-0.3, -0.25) is 4.90 Å². The van der Waals surface area contributed by atoms with E-state index in [1.54, 1.807) is 0 Å². The van der Waals surface area contributed by atoms with Crippen molar-refractivity contribution < 1.29 is 8.42 Å². The van der Waals surface area contributed by atoms with E-state index in [4.69, 9.17) is 5.73 Å². The van der Waals surface area contributed by atoms with Gasteiger partial charge in [-0.2, -0.15) is 0 Å². The van der Waals surface area contributed by atoms with Gasteiger partial charge in [0.15, 0.2) is 9.84 Å². The third kappa shape index (κ3) is 3.16. The van der Waals surface area contributed by atoms with Gasteiger partial charge in [0.25, 0.3) is 0 Å². The minimum absolute atomic E-state index is 0.00921. The maximum atomic E-state index is 11.5. The molecule has 0 aliphatic carbocycles. The van der Waals surface area contributed by atoms with E-state index in [0.717, 1.165) is 13.0 Å². The molecule has 2 N–H and O–H groups in total. The van der Waals surface area contributed by atoms with E-state index in [1.165, 1.54) is 0 Å². The first kappa shape index (κ1) is 12.9. The van der Waals surface area contributed by atoms with Crippen LogP contribution in [-0.2, 0) is 9.84 Å². The summed E-state index contributed by atoms with van der Waals surface area (Å²) >= 11 is 0. The minimum atomic E-state index is -2.91. The van der Waals surface area contributed by atoms with Crippen molar-refractivity contribution in [2.75, 3.05) is 18.1 Å². The second-order valence-electron chi connectivity index (χ2n) is 4.64. The molecule has 0 aromatic rings. The zero-order valence-corrected chi connectivity index (χ0v) is 10.6. The smallest absolute Gasteiger partial charge is 0.153 e. The highest BCUT2D eigenvalue weighted by Gasteiger charge is 2.39. The first-order valence-electron chi connectivity index (χ1n) is 5.59. The van der Waals surface area contributed by atoms with Gasteiger partial charge in [0, 0.05) is 18.1 Å². The van der Waals surface area contributed by atoms with Gasteiger partial charge in [0.2, 0.25) is 0 Å². The first-order chi connectivity index (χ1) is 6.87. The van der Waals surface area contributed by atoms with Gasteiger partial charge in [-0.1, -0.05) is 6.92 Å². The van der Waals surface area contributed by atoms with Crippen LogP contribution in [0.25, 0.3) is 0 Å². The summed E-state index contributed by atoms with van der Waals surface area (Å²) in [5.74, 6) is 0.372. The molecule has 1 fully saturated rings. The Bertz CT molecular complexity index is 301. The van der Waals surface area contributed by atoms with Crippen molar-refractivity contribution in [3.8, 4) is 0 Å². The highest BCUT2D eigenvalue weighted by molar-refractivity contribution is 7.91. The second-order valence-corrected chi connectivity index (χ2v) is 6.79. The molecule has 0 spiro atoms. The van der Waals surface area contributed by atoms with Gasteiger partial charge < -0.3 is 5.73 Å². The van der Waals surface area contributed by atoms with E-state index in [2.05, 4.69) is 25.7 Å². The predicted octanol–water partition coefficient (Wildman–Crippen LogP) is 0.231. The Morgan fingerprint density at radius 2 is 2.00 bits per heavy atom. The van der Waals surface area contributed by atoms with E-state index in [9.17, 15) is 8.42 Å². The van der Waals surface area contributed by atoms with Crippen LogP contribution in [0.4, 0.5) is 0 Å². The molecule has 0 aromatic heterocycles. The zero-order valence-electron chi connectivity index (χ0n) is 9.81. The summed E-state index contributed by atoms with van der Waals surface area (Å²) in [4.78, 5) is 2.22. The number of sulfone groups is 1. The van der Waals surface area contributed by atoms with Crippen LogP contribution in [0.3, 0.4) is 0 Å². The molecule has 1 saturated heterocycles. The highest BCUT2D eigenvalue weighted by Crippen LogP contribution is 2.19. The van der Waals surface area contributed by atoms with Crippen molar-refractivity contribution >= 4 is 9.84 Å². The maximum absolute atomic E-state index is 11.5. The predicted molar refractivity (Wildman–Crippen MR) is 62.6 cm³/mol. The quantitative estimate of drug-likeness (QED) is 0.756. The molecule has 90 valence electrons. The monoisotopic (exact) mass is 234 g/mol. The Morgan fingerprint density at radius 3 is 2.33 bits per heavy atom. The molecule has 0 amide bonds. The number of rotatable bonds is 4. The molecule has 1 heterocycles. The third-order valence-corrected chi connectivity index (χ3v) is 4.68. The van der Waals surface area contributed by atoms with Gasteiger partial charge in [0.1, 0.15) is 0 Å². The summed E-state index contributed by atoms with van der Waals surface area (Å²) in [6.07, 6.45) is 1.03. The van der Waals surface area contributed by atoms with Crippen molar-refractivity contribution in [1.82, 2.24) is 4.90 Å². The number of nitrogens with two attached hydrogens (primary N) is 1. The van der Waals surface area contributed by atoms with Crippen molar-refractivity contribution in [3.63, 3.8) is 0 Å². The molecular formula is C10H22N2O2S. The van der Waals surface area contributed by atoms with Crippen LogP contribution in [-0.4, -0.2) is 49.5 Å². The standard InChI is InChI=1S/C10H22N2O2S/c1-4-5-12(8(2)3)10-7-15(13,14)6-9(10)11/h8-10H,4-7,11H2,1-3H3. The van der Waals surface area contributed by atoms with Gasteiger partial charge in [-0.25, -0.2) is 8.42 Å². The Balaban J connectivity index is 2.77. The molecule has 5 heteroatoms. The topological polar surface area (TPSA) is 63.4 Å². The van der Waals surface area contributed by atoms with Crippen LogP contribution < -0.4 is 5.73 Å². The Labute approximate surface area is 92.7 Å². The molecule has 1 rings (SSSR count). The van der Waals surface area contributed by atoms with E-state index in [-0.39, 0.29) is 23.6 Å². The molecule has 0 radical (unpaired) electrons. The average Bonchev–Trinajstić information content (AvgIpc) is 2.35. The van der Waals surface area contributed by atoms with E-state index >= 15 is 0 Å². The molecule has 4 nitrogen and oxygen atoms in total. The molecule has 15 heavy (non-hydrogen) atoms. The van der Waals surface area contributed by atoms with E-state index in [0.29, 0.717) is 6.04 Å². The Hall–Kier alpha value is -0.130. The largest absolute Gasteiger partial charge is 0.325 e. The van der Waals surface area contributed by atoms with Gasteiger partial charge in [-0.15, -0.1) is 0 Å². The van der Waals surface area contributed by atoms with E-state index in [1.807, 2.05) is 0 Å². The summed E-state index contributed by atoms with van der Waals surface area (Å²) in [6.45, 7) is 7.20. The average molecular weight is 234 g/mol. The van der Waals surface area contributed by atoms with Gasteiger partial charge in [-0.05, 0) is 26.8 Å². The molecule has 1 aliphatic rings. The van der Waals surface area contributed by atoms with E-state index < -0.39 is 9.84 Å². The molecule has 0 aromatic carbocycles. The number of nitrogens with zero attached hydrogens (tertiary/aromatic N) is 1. The summed E-state index contributed by atoms with van der Waals surface area (Å²) in [6, 6.07) is 0.146. The fourth-order valence-corrected chi connectivity index (χ4v) is 4.17. The third-order valence-electron chi connectivity index (χ3n) is 2.94. The molecule has 0 saturated carbocycles. The lowest BCUT2D eigenvalue weighted by molar-refractivity contribution is 0.156. The van der Waals surface area contributed by atoms with Crippen LogP contribution in [0.15, 0.2) is 0 Å². The normalized spacial score (nSPS) is 30.3. The van der Waals surface area contributed by atoms with Crippen LogP contribution in [0.2, 0.25) is 0 Å². The van der Waals surface area contributed by atoms with Crippen molar-refractivity contribution in [2.24, 2.45) is 5.73 Å². The second kappa shape index (κ2) is 4.80. The summed E-state index contributed by atoms with van der Waals surface area (Å²) < 4.78 is 23.0. The van der Waals surface area contributed by atoms with Crippen LogP contribution in [0.5, 0.6) is 0 Å². The Morgan fingerprint density at radius 1 is 1.40 bits per heavy atom. The van der Waals surface area contributed by atoms with Crippen molar-refractivity contribution in [2.45, 2.75) is 45.3 Å². The maximum Gasteiger partial charge on any atom is 0.153 e. The first-order valence-corrected chi connectivity index (χ1v) is 7.41. The van der Waals surface area contributed by atoms with Gasteiger partial charge in [0.05, 0.1) is 11.5 Å². The molecule has 2 unspecified atom stereocenters. The van der Waals surface area contributed by atoms with Crippen LogP contribution in [0.1, 0.15) is 27.2 Å². The lowest BCUT2D eigenvalue weighted by atomic mass is 10.1. The molecule has 0 bridgehead atoms. The SMILES string of the molecule is CCCN(C(C)C)C1CS(=O)(=O)CC1N. The summed E-state index contributed by atoms with van der Waals surface area (Å²) in [5, 5.41) is 0. The molecule has 1 aliphatic heterocycles. The number of hydrogen-bond acceptors (Lipinski definition) is 4. The van der Waals surface area contributed by atoms with Gasteiger partial charge >= 0.3 is 0 Å². The molecular weight excluding hydrogens is 212 g/mol. The number of hydrogen-bond donors (Lipinski definition) is 1.